The Labute approximate surface area is 143 Å². The maximum absolute atomic E-state index is 12.5. The van der Waals surface area contributed by atoms with E-state index in [0.29, 0.717) is 5.69 Å². The molecule has 25 heavy (non-hydrogen) atoms. The topological polar surface area (TPSA) is 116 Å². The summed E-state index contributed by atoms with van der Waals surface area (Å²) in [5.41, 5.74) is 0.704. The zero-order chi connectivity index (χ0) is 18.6. The molecule has 130 valence electrons. The second-order valence-electron chi connectivity index (χ2n) is 5.22. The number of hydrogen-bond acceptors (Lipinski definition) is 5. The molecule has 0 aliphatic carbocycles. The van der Waals surface area contributed by atoms with Gasteiger partial charge in [0.2, 0.25) is 11.8 Å². The molecule has 1 aliphatic rings. The normalized spacial score (nSPS) is 18.0. The van der Waals surface area contributed by atoms with Gasteiger partial charge in [0.15, 0.2) is 5.92 Å². The fourth-order valence-electron chi connectivity index (χ4n) is 2.40. The van der Waals surface area contributed by atoms with Crippen LogP contribution >= 0.6 is 0 Å². The number of imide groups is 2. The van der Waals surface area contributed by atoms with Crippen molar-refractivity contribution in [3.63, 3.8) is 0 Å². The van der Waals surface area contributed by atoms with E-state index in [-0.39, 0.29) is 17.8 Å². The average Bonchev–Trinajstić information content (AvgIpc) is 2.57. The number of urea groups is 1. The Morgan fingerprint density at radius 2 is 2.12 bits per heavy atom. The lowest BCUT2D eigenvalue weighted by atomic mass is 9.99. The number of nitrogens with one attached hydrogen (secondary N) is 2. The molecule has 4 amide bonds. The number of carbonyl (C=O) groups is 4. The molecule has 8 heteroatoms. The summed E-state index contributed by atoms with van der Waals surface area (Å²) in [4.78, 5) is 48.4. The van der Waals surface area contributed by atoms with E-state index >= 15 is 0 Å². The number of barbiturate groups is 1. The highest BCUT2D eigenvalue weighted by Gasteiger charge is 2.42. The predicted molar refractivity (Wildman–Crippen MR) is 89.7 cm³/mol. The van der Waals surface area contributed by atoms with Crippen molar-refractivity contribution in [3.05, 3.63) is 54.3 Å². The minimum atomic E-state index is -1.24. The van der Waals surface area contributed by atoms with Crippen LogP contribution < -0.4 is 10.6 Å². The first-order valence-corrected chi connectivity index (χ1v) is 7.42. The minimum absolute atomic E-state index is 0.0278. The predicted octanol–water partition coefficient (Wildman–Crippen LogP) is 1.58. The van der Waals surface area contributed by atoms with Crippen molar-refractivity contribution in [2.45, 2.75) is 6.92 Å². The molecular weight excluding hydrogens is 326 g/mol. The van der Waals surface area contributed by atoms with Gasteiger partial charge in [0.25, 0.3) is 0 Å². The Bertz CT molecular complexity index is 784. The molecule has 0 unspecified atom stereocenters. The Hall–Kier alpha value is -3.42. The van der Waals surface area contributed by atoms with Crippen LogP contribution in [0.5, 0.6) is 0 Å². The van der Waals surface area contributed by atoms with Crippen LogP contribution in [0.3, 0.4) is 0 Å². The van der Waals surface area contributed by atoms with Crippen molar-refractivity contribution in [2.75, 3.05) is 11.9 Å². The van der Waals surface area contributed by atoms with Crippen LogP contribution in [0.2, 0.25) is 0 Å². The second-order valence-corrected chi connectivity index (χ2v) is 5.22. The molecule has 1 saturated heterocycles. The molecule has 1 atom stereocenters. The molecule has 2 rings (SSSR count). The largest absolute Gasteiger partial charge is 0.478 e. The number of carboxylic acid groups (broad SMARTS) is 1. The Kier molecular flexibility index (Phi) is 5.33. The van der Waals surface area contributed by atoms with Gasteiger partial charge in [-0.15, -0.1) is 6.58 Å². The van der Waals surface area contributed by atoms with E-state index in [1.54, 1.807) is 13.0 Å². The highest BCUT2D eigenvalue weighted by Crippen LogP contribution is 2.22. The number of hydrogen-bond donors (Lipinski definition) is 3. The third-order valence-electron chi connectivity index (χ3n) is 3.58. The molecule has 8 nitrogen and oxygen atoms in total. The van der Waals surface area contributed by atoms with Gasteiger partial charge in [-0.1, -0.05) is 18.2 Å². The summed E-state index contributed by atoms with van der Waals surface area (Å²) in [7, 11) is 0. The molecule has 0 spiro atoms. The highest BCUT2D eigenvalue weighted by atomic mass is 16.4. The first-order valence-electron chi connectivity index (χ1n) is 7.42. The summed E-state index contributed by atoms with van der Waals surface area (Å²) in [6, 6.07) is 5.15. The van der Waals surface area contributed by atoms with Crippen LogP contribution in [0.25, 0.3) is 0 Å². The third kappa shape index (κ3) is 3.74. The molecule has 3 N–H and O–H groups in total. The number of benzene rings is 1. The van der Waals surface area contributed by atoms with E-state index in [2.05, 4.69) is 17.2 Å². The van der Waals surface area contributed by atoms with Crippen LogP contribution in [-0.2, 0) is 9.59 Å². The number of carboxylic acids is 1. The maximum atomic E-state index is 12.5. The van der Waals surface area contributed by atoms with Crippen LogP contribution in [0.1, 0.15) is 17.3 Å². The van der Waals surface area contributed by atoms with Gasteiger partial charge < -0.3 is 10.4 Å². The minimum Gasteiger partial charge on any atom is -0.478 e. The van der Waals surface area contributed by atoms with Crippen LogP contribution in [-0.4, -0.2) is 40.4 Å². The van der Waals surface area contributed by atoms with Crippen molar-refractivity contribution in [1.82, 2.24) is 10.2 Å². The number of amides is 4. The van der Waals surface area contributed by atoms with Crippen LogP contribution in [0.15, 0.2) is 48.7 Å². The van der Waals surface area contributed by atoms with Gasteiger partial charge in [-0.05, 0) is 25.1 Å². The molecule has 1 aromatic carbocycles. The van der Waals surface area contributed by atoms with E-state index in [1.165, 1.54) is 30.4 Å². The second kappa shape index (κ2) is 7.43. The van der Waals surface area contributed by atoms with Crippen molar-refractivity contribution in [3.8, 4) is 0 Å². The lowest BCUT2D eigenvalue weighted by molar-refractivity contribution is -0.140. The molecule has 0 aromatic heterocycles. The molecule has 0 radical (unpaired) electrons. The SMILES string of the molecule is C=CCN1C(=O)NC(=O)[C@H](/C(=C\C)Nc2cccc(C(=O)O)c2)C1=O. The van der Waals surface area contributed by atoms with Crippen molar-refractivity contribution >= 4 is 29.5 Å². The summed E-state index contributed by atoms with van der Waals surface area (Å²) in [6.45, 7) is 5.08. The number of nitrogens with zero attached hydrogens (tertiary/aromatic N) is 1. The number of rotatable bonds is 6. The van der Waals surface area contributed by atoms with Gasteiger partial charge in [-0.3, -0.25) is 19.8 Å². The molecule has 0 saturated carbocycles. The molecule has 1 aromatic rings. The summed E-state index contributed by atoms with van der Waals surface area (Å²) < 4.78 is 0. The third-order valence-corrected chi connectivity index (χ3v) is 3.58. The summed E-state index contributed by atoms with van der Waals surface area (Å²) >= 11 is 0. The fourth-order valence-corrected chi connectivity index (χ4v) is 2.40. The van der Waals surface area contributed by atoms with Crippen molar-refractivity contribution in [1.29, 1.82) is 0 Å². The van der Waals surface area contributed by atoms with Crippen LogP contribution in [0, 0.1) is 5.92 Å². The standard InChI is InChI=1S/C17H17N3O5/c1-3-8-20-15(22)13(14(21)19-17(20)25)12(4-2)18-11-7-5-6-10(9-11)16(23)24/h3-7,9,13,18H,1,8H2,2H3,(H,23,24)(H,19,21,25)/b12-4+/t13-/m0/s1. The molecule has 1 fully saturated rings. The lowest BCUT2D eigenvalue weighted by Gasteiger charge is -2.31. The van der Waals surface area contributed by atoms with E-state index in [1.807, 2.05) is 0 Å². The monoisotopic (exact) mass is 343 g/mol. The fraction of sp³-hybridized carbons (Fsp3) is 0.176. The zero-order valence-electron chi connectivity index (χ0n) is 13.5. The quantitative estimate of drug-likeness (QED) is 0.533. The van der Waals surface area contributed by atoms with E-state index in [4.69, 9.17) is 5.11 Å². The Balaban J connectivity index is 2.30. The van der Waals surface area contributed by atoms with Gasteiger partial charge >= 0.3 is 12.0 Å². The molecule has 0 bridgehead atoms. The van der Waals surface area contributed by atoms with E-state index in [0.717, 1.165) is 4.90 Å². The highest BCUT2D eigenvalue weighted by molar-refractivity contribution is 6.18. The van der Waals surface area contributed by atoms with Gasteiger partial charge in [-0.2, -0.15) is 0 Å². The van der Waals surface area contributed by atoms with E-state index in [9.17, 15) is 19.2 Å². The molecule has 1 aliphatic heterocycles. The Morgan fingerprint density at radius 3 is 2.72 bits per heavy atom. The number of aromatic carboxylic acids is 1. The smallest absolute Gasteiger partial charge is 0.335 e. The average molecular weight is 343 g/mol. The number of anilines is 1. The maximum Gasteiger partial charge on any atom is 0.335 e. The van der Waals surface area contributed by atoms with Crippen molar-refractivity contribution in [2.24, 2.45) is 5.92 Å². The van der Waals surface area contributed by atoms with Gasteiger partial charge in [0, 0.05) is 17.9 Å². The van der Waals surface area contributed by atoms with Crippen molar-refractivity contribution < 1.29 is 24.3 Å². The molecular formula is C17H17N3O5. The van der Waals surface area contributed by atoms with Gasteiger partial charge in [-0.25, -0.2) is 9.59 Å². The summed E-state index contributed by atoms with van der Waals surface area (Å²) in [5.74, 6) is -3.76. The number of carbonyl (C=O) groups excluding carboxylic acids is 3. The first kappa shape index (κ1) is 17.9. The van der Waals surface area contributed by atoms with Gasteiger partial charge in [0.05, 0.1) is 5.56 Å². The summed E-state index contributed by atoms with van der Waals surface area (Å²) in [6.07, 6.45) is 2.90. The van der Waals surface area contributed by atoms with Gasteiger partial charge in [0.1, 0.15) is 0 Å². The zero-order valence-corrected chi connectivity index (χ0v) is 13.5. The first-order chi connectivity index (χ1) is 11.9. The number of allylic oxidation sites excluding steroid dienone is 1. The Morgan fingerprint density at radius 1 is 1.40 bits per heavy atom. The molecule has 1 heterocycles. The van der Waals surface area contributed by atoms with E-state index < -0.39 is 29.7 Å². The van der Waals surface area contributed by atoms with Crippen LogP contribution in [0.4, 0.5) is 10.5 Å². The summed E-state index contributed by atoms with van der Waals surface area (Å²) in [5, 5.41) is 14.1. The lowest BCUT2D eigenvalue weighted by Crippen LogP contribution is -2.58.